The topological polar surface area (TPSA) is 94.2 Å². The Hall–Kier alpha value is -2.78. The van der Waals surface area contributed by atoms with E-state index in [1.54, 1.807) is 38.1 Å². The van der Waals surface area contributed by atoms with Crippen molar-refractivity contribution in [2.45, 2.75) is 18.7 Å². The molecule has 8 nitrogen and oxygen atoms in total. The van der Waals surface area contributed by atoms with Crippen molar-refractivity contribution < 1.29 is 27.4 Å². The number of nitrogens with zero attached hydrogens (tertiary/aromatic N) is 1. The van der Waals surface area contributed by atoms with E-state index in [1.165, 1.54) is 37.8 Å². The summed E-state index contributed by atoms with van der Waals surface area (Å²) in [6.45, 7) is 4.34. The normalized spacial score (nSPS) is 11.2. The summed E-state index contributed by atoms with van der Waals surface area (Å²) in [5, 5.41) is 2.73. The van der Waals surface area contributed by atoms with Gasteiger partial charge < -0.3 is 19.5 Å². The molecule has 0 bridgehead atoms. The first-order valence-electron chi connectivity index (χ1n) is 9.04. The second-order valence-electron chi connectivity index (χ2n) is 5.95. The molecule has 29 heavy (non-hydrogen) atoms. The van der Waals surface area contributed by atoms with Crippen LogP contribution in [-0.4, -0.2) is 53.0 Å². The molecule has 2 rings (SSSR count). The molecule has 1 amide bonds. The van der Waals surface area contributed by atoms with Gasteiger partial charge in [0.05, 0.1) is 31.8 Å². The molecule has 0 aromatic heterocycles. The van der Waals surface area contributed by atoms with E-state index in [2.05, 4.69) is 5.32 Å². The molecule has 0 aliphatic rings. The molecule has 0 fully saturated rings. The molecular weight excluding hydrogens is 396 g/mol. The number of anilines is 1. The van der Waals surface area contributed by atoms with Gasteiger partial charge in [-0.25, -0.2) is 8.42 Å². The first-order valence-corrected chi connectivity index (χ1v) is 10.5. The largest absolute Gasteiger partial charge is 0.493 e. The summed E-state index contributed by atoms with van der Waals surface area (Å²) in [7, 11) is 0.822. The third-order valence-corrected chi connectivity index (χ3v) is 6.47. The Morgan fingerprint density at radius 3 is 1.97 bits per heavy atom. The lowest BCUT2D eigenvalue weighted by Gasteiger charge is -2.18. The van der Waals surface area contributed by atoms with E-state index >= 15 is 0 Å². The SMILES string of the molecule is CCN(CC)S(=O)(=O)c1ccc(NC(=O)c2ccc(OC)c(OC)c2OC)cc1. The number of ether oxygens (including phenoxy) is 3. The van der Waals surface area contributed by atoms with Crippen LogP contribution in [0.4, 0.5) is 5.69 Å². The number of rotatable bonds is 9. The molecule has 0 heterocycles. The zero-order valence-corrected chi connectivity index (χ0v) is 18.0. The number of carbonyl (C=O) groups excluding carboxylic acids is 1. The van der Waals surface area contributed by atoms with Crippen molar-refractivity contribution in [1.29, 1.82) is 0 Å². The van der Waals surface area contributed by atoms with Gasteiger partial charge in [-0.15, -0.1) is 0 Å². The number of methoxy groups -OCH3 is 3. The Labute approximate surface area is 171 Å². The van der Waals surface area contributed by atoms with Gasteiger partial charge in [-0.3, -0.25) is 4.79 Å². The number of hydrogen-bond donors (Lipinski definition) is 1. The van der Waals surface area contributed by atoms with Crippen LogP contribution in [0.25, 0.3) is 0 Å². The van der Waals surface area contributed by atoms with Crippen LogP contribution in [0.15, 0.2) is 41.3 Å². The Morgan fingerprint density at radius 2 is 1.48 bits per heavy atom. The number of carbonyl (C=O) groups is 1. The lowest BCUT2D eigenvalue weighted by molar-refractivity contribution is 0.102. The van der Waals surface area contributed by atoms with Crippen LogP contribution in [0.1, 0.15) is 24.2 Å². The highest BCUT2D eigenvalue weighted by Gasteiger charge is 2.23. The summed E-state index contributed by atoms with van der Waals surface area (Å²) in [6.07, 6.45) is 0. The molecule has 0 spiro atoms. The molecule has 2 aromatic rings. The van der Waals surface area contributed by atoms with Crippen LogP contribution in [0.5, 0.6) is 17.2 Å². The molecule has 0 aliphatic heterocycles. The first kappa shape index (κ1) is 22.5. The van der Waals surface area contributed by atoms with Crippen molar-refractivity contribution in [2.24, 2.45) is 0 Å². The molecule has 0 saturated heterocycles. The fraction of sp³-hybridized carbons (Fsp3) is 0.350. The Balaban J connectivity index is 2.29. The molecule has 158 valence electrons. The van der Waals surface area contributed by atoms with Crippen LogP contribution >= 0.6 is 0 Å². The average Bonchev–Trinajstić information content (AvgIpc) is 2.73. The van der Waals surface area contributed by atoms with Crippen LogP contribution < -0.4 is 19.5 Å². The van der Waals surface area contributed by atoms with Gasteiger partial charge in [0, 0.05) is 18.8 Å². The smallest absolute Gasteiger partial charge is 0.259 e. The van der Waals surface area contributed by atoms with Gasteiger partial charge >= 0.3 is 0 Å². The number of sulfonamides is 1. The molecule has 1 N–H and O–H groups in total. The van der Waals surface area contributed by atoms with E-state index in [0.717, 1.165) is 0 Å². The molecule has 2 aromatic carbocycles. The minimum Gasteiger partial charge on any atom is -0.493 e. The first-order chi connectivity index (χ1) is 13.8. The lowest BCUT2D eigenvalue weighted by Crippen LogP contribution is -2.30. The molecule has 0 unspecified atom stereocenters. The van der Waals surface area contributed by atoms with Gasteiger partial charge in [0.15, 0.2) is 11.5 Å². The molecular formula is C20H26N2O6S. The quantitative estimate of drug-likeness (QED) is 0.668. The van der Waals surface area contributed by atoms with Gasteiger partial charge in [-0.1, -0.05) is 13.8 Å². The van der Waals surface area contributed by atoms with Crippen molar-refractivity contribution >= 4 is 21.6 Å². The third kappa shape index (κ3) is 4.63. The summed E-state index contributed by atoms with van der Waals surface area (Å²) in [4.78, 5) is 12.9. The highest BCUT2D eigenvalue weighted by atomic mass is 32.2. The summed E-state index contributed by atoms with van der Waals surface area (Å²) >= 11 is 0. The maximum atomic E-state index is 12.7. The second kappa shape index (κ2) is 9.62. The number of amides is 1. The predicted octanol–water partition coefficient (Wildman–Crippen LogP) is 3.00. The van der Waals surface area contributed by atoms with Gasteiger partial charge in [-0.2, -0.15) is 4.31 Å². The fourth-order valence-electron chi connectivity index (χ4n) is 2.90. The zero-order valence-electron chi connectivity index (χ0n) is 17.2. The lowest BCUT2D eigenvalue weighted by atomic mass is 10.1. The van der Waals surface area contributed by atoms with Crippen molar-refractivity contribution in [3.8, 4) is 17.2 Å². The molecule has 0 saturated carbocycles. The number of benzene rings is 2. The minimum absolute atomic E-state index is 0.169. The van der Waals surface area contributed by atoms with Crippen molar-refractivity contribution in [1.82, 2.24) is 4.31 Å². The van der Waals surface area contributed by atoms with Crippen LogP contribution in [0.3, 0.4) is 0 Å². The van der Waals surface area contributed by atoms with Crippen LogP contribution in [0.2, 0.25) is 0 Å². The molecule has 0 atom stereocenters. The van der Waals surface area contributed by atoms with Crippen LogP contribution in [-0.2, 0) is 10.0 Å². The summed E-state index contributed by atoms with van der Waals surface area (Å²) < 4.78 is 42.3. The summed E-state index contributed by atoms with van der Waals surface area (Å²) in [5.74, 6) is 0.558. The van der Waals surface area contributed by atoms with Crippen molar-refractivity contribution in [3.63, 3.8) is 0 Å². The molecule has 9 heteroatoms. The second-order valence-corrected chi connectivity index (χ2v) is 7.89. The van der Waals surface area contributed by atoms with Crippen molar-refractivity contribution in [3.05, 3.63) is 42.0 Å². The van der Waals surface area contributed by atoms with E-state index in [-0.39, 0.29) is 16.2 Å². The van der Waals surface area contributed by atoms with E-state index in [0.29, 0.717) is 30.3 Å². The minimum atomic E-state index is -3.56. The highest BCUT2D eigenvalue weighted by molar-refractivity contribution is 7.89. The van der Waals surface area contributed by atoms with E-state index in [4.69, 9.17) is 14.2 Å². The van der Waals surface area contributed by atoms with Gasteiger partial charge in [0.2, 0.25) is 15.8 Å². The van der Waals surface area contributed by atoms with Gasteiger partial charge in [0.25, 0.3) is 5.91 Å². The monoisotopic (exact) mass is 422 g/mol. The van der Waals surface area contributed by atoms with E-state index in [9.17, 15) is 13.2 Å². The van der Waals surface area contributed by atoms with Crippen molar-refractivity contribution in [2.75, 3.05) is 39.7 Å². The third-order valence-electron chi connectivity index (χ3n) is 4.40. The van der Waals surface area contributed by atoms with Crippen LogP contribution in [0, 0.1) is 0 Å². The predicted molar refractivity (Wildman–Crippen MR) is 111 cm³/mol. The standard InChI is InChI=1S/C20H26N2O6S/c1-6-22(7-2)29(24,25)15-10-8-14(9-11-15)21-20(23)16-12-13-17(26-3)19(28-5)18(16)27-4/h8-13H,6-7H2,1-5H3,(H,21,23). The van der Waals surface area contributed by atoms with E-state index in [1.807, 2.05) is 0 Å². The Kier molecular flexibility index (Phi) is 7.46. The summed E-state index contributed by atoms with van der Waals surface area (Å²) in [5.41, 5.74) is 0.704. The average molecular weight is 423 g/mol. The maximum absolute atomic E-state index is 12.7. The molecule has 0 radical (unpaired) electrons. The number of nitrogens with one attached hydrogen (secondary N) is 1. The fourth-order valence-corrected chi connectivity index (χ4v) is 4.36. The highest BCUT2D eigenvalue weighted by Crippen LogP contribution is 2.39. The zero-order chi connectivity index (χ0) is 21.6. The Bertz CT molecular complexity index is 954. The maximum Gasteiger partial charge on any atom is 0.259 e. The Morgan fingerprint density at radius 1 is 0.897 bits per heavy atom. The summed E-state index contributed by atoms with van der Waals surface area (Å²) in [6, 6.07) is 9.19. The molecule has 0 aliphatic carbocycles. The van der Waals surface area contributed by atoms with Gasteiger partial charge in [-0.05, 0) is 36.4 Å². The van der Waals surface area contributed by atoms with E-state index < -0.39 is 15.9 Å². The number of hydrogen-bond acceptors (Lipinski definition) is 6. The van der Waals surface area contributed by atoms with Gasteiger partial charge in [0.1, 0.15) is 0 Å².